The van der Waals surface area contributed by atoms with Crippen LogP contribution in [0.1, 0.15) is 6.42 Å². The summed E-state index contributed by atoms with van der Waals surface area (Å²) < 4.78 is 9.03. The van der Waals surface area contributed by atoms with Gasteiger partial charge in [-0.05, 0) is 6.42 Å². The molecule has 0 aromatic rings. The second kappa shape index (κ2) is 3.15. The first-order valence-electron chi connectivity index (χ1n) is 3.85. The molecule has 1 atom stereocenters. The molecule has 1 unspecified atom stereocenters. The molecule has 0 bridgehead atoms. The van der Waals surface area contributed by atoms with E-state index in [-0.39, 0.29) is 5.92 Å². The smallest absolute Gasteiger partial charge is 0.324 e. The topological polar surface area (TPSA) is 52.6 Å². The Labute approximate surface area is 76.5 Å². The molecule has 70 valence electrons. The molecular formula is C9H11O4+. The van der Waals surface area contributed by atoms with E-state index in [9.17, 15) is 9.59 Å². The lowest BCUT2D eigenvalue weighted by Crippen LogP contribution is -2.30. The van der Waals surface area contributed by atoms with Crippen molar-refractivity contribution < 1.29 is 19.1 Å². The molecule has 0 aliphatic heterocycles. The monoisotopic (exact) mass is 183 g/mol. The average Bonchev–Trinajstić information content (AvgIpc) is 2.91. The lowest BCUT2D eigenvalue weighted by molar-refractivity contribution is -0.161. The number of esters is 2. The first-order valence-corrected chi connectivity index (χ1v) is 3.85. The van der Waals surface area contributed by atoms with Gasteiger partial charge in [-0.1, -0.05) is 0 Å². The Bertz CT molecular complexity index is 240. The molecule has 4 nitrogen and oxygen atoms in total. The van der Waals surface area contributed by atoms with Crippen molar-refractivity contribution in [2.45, 2.75) is 6.42 Å². The molecule has 0 amide bonds. The molecule has 0 aromatic heterocycles. The van der Waals surface area contributed by atoms with Crippen LogP contribution in [-0.4, -0.2) is 26.2 Å². The van der Waals surface area contributed by atoms with Gasteiger partial charge in [-0.15, -0.1) is 0 Å². The van der Waals surface area contributed by atoms with Crippen LogP contribution in [0.15, 0.2) is 6.08 Å². The van der Waals surface area contributed by atoms with Gasteiger partial charge in [0.2, 0.25) is 6.58 Å². The Morgan fingerprint density at radius 3 is 2.08 bits per heavy atom. The quantitative estimate of drug-likeness (QED) is 0.359. The molecule has 13 heavy (non-hydrogen) atoms. The van der Waals surface area contributed by atoms with Crippen LogP contribution in [0.5, 0.6) is 0 Å². The Morgan fingerprint density at radius 1 is 1.38 bits per heavy atom. The number of ether oxygens (including phenoxy) is 2. The van der Waals surface area contributed by atoms with Gasteiger partial charge in [0.25, 0.3) is 0 Å². The summed E-state index contributed by atoms with van der Waals surface area (Å²) in [5.41, 5.74) is -1.17. The van der Waals surface area contributed by atoms with Crippen LogP contribution in [0.3, 0.4) is 0 Å². The summed E-state index contributed by atoms with van der Waals surface area (Å²) in [6.45, 7) is 5.25. The molecule has 1 rings (SSSR count). The van der Waals surface area contributed by atoms with Crippen molar-refractivity contribution in [2.75, 3.05) is 14.2 Å². The van der Waals surface area contributed by atoms with E-state index >= 15 is 0 Å². The van der Waals surface area contributed by atoms with Crippen molar-refractivity contribution in [3.63, 3.8) is 0 Å². The van der Waals surface area contributed by atoms with E-state index in [4.69, 9.17) is 6.58 Å². The summed E-state index contributed by atoms with van der Waals surface area (Å²) in [4.78, 5) is 22.5. The summed E-state index contributed by atoms with van der Waals surface area (Å²) >= 11 is 0. The van der Waals surface area contributed by atoms with E-state index in [0.717, 1.165) is 0 Å². The molecule has 1 aliphatic carbocycles. The number of hydrogen-bond acceptors (Lipinski definition) is 4. The highest BCUT2D eigenvalue weighted by Crippen LogP contribution is 2.54. The normalized spacial score (nSPS) is 23.0. The van der Waals surface area contributed by atoms with Gasteiger partial charge >= 0.3 is 11.9 Å². The van der Waals surface area contributed by atoms with Gasteiger partial charge < -0.3 is 9.47 Å². The number of allylic oxidation sites excluding steroid dienone is 1. The van der Waals surface area contributed by atoms with Gasteiger partial charge in [0.1, 0.15) is 0 Å². The fraction of sp³-hybridized carbons (Fsp3) is 0.556. The van der Waals surface area contributed by atoms with E-state index < -0.39 is 17.4 Å². The van der Waals surface area contributed by atoms with Crippen LogP contribution in [0.25, 0.3) is 0 Å². The molecule has 1 aliphatic rings. The zero-order chi connectivity index (χ0) is 10.1. The molecular weight excluding hydrogens is 172 g/mol. The van der Waals surface area contributed by atoms with Gasteiger partial charge in [-0.3, -0.25) is 9.59 Å². The molecule has 1 fully saturated rings. The summed E-state index contributed by atoms with van der Waals surface area (Å²) in [7, 11) is 2.47. The number of carbonyl (C=O) groups is 2. The summed E-state index contributed by atoms with van der Waals surface area (Å²) in [5.74, 6) is -1.41. The van der Waals surface area contributed by atoms with Crippen LogP contribution in [0.4, 0.5) is 0 Å². The van der Waals surface area contributed by atoms with E-state index in [0.29, 0.717) is 6.42 Å². The third kappa shape index (κ3) is 1.19. The minimum absolute atomic E-state index is 0.257. The Kier molecular flexibility index (Phi) is 2.34. The molecule has 0 N–H and O–H groups in total. The second-order valence-corrected chi connectivity index (χ2v) is 2.96. The predicted molar refractivity (Wildman–Crippen MR) is 43.4 cm³/mol. The van der Waals surface area contributed by atoms with Crippen LogP contribution < -0.4 is 0 Å². The molecule has 0 saturated heterocycles. The van der Waals surface area contributed by atoms with E-state index in [1.54, 1.807) is 0 Å². The first kappa shape index (κ1) is 9.68. The van der Waals surface area contributed by atoms with Crippen molar-refractivity contribution in [3.05, 3.63) is 12.7 Å². The van der Waals surface area contributed by atoms with E-state index in [1.165, 1.54) is 20.3 Å². The van der Waals surface area contributed by atoms with Crippen molar-refractivity contribution in [3.8, 4) is 0 Å². The Hall–Kier alpha value is -1.41. The number of hydrogen-bond donors (Lipinski definition) is 0. The first-order chi connectivity index (χ1) is 6.13. The molecule has 1 saturated carbocycles. The van der Waals surface area contributed by atoms with Crippen molar-refractivity contribution >= 4 is 11.9 Å². The maximum atomic E-state index is 11.3. The molecule has 0 heterocycles. The van der Waals surface area contributed by atoms with Gasteiger partial charge in [-0.25, -0.2) is 0 Å². The zero-order valence-corrected chi connectivity index (χ0v) is 7.57. The average molecular weight is 183 g/mol. The van der Waals surface area contributed by atoms with Crippen molar-refractivity contribution in [1.29, 1.82) is 0 Å². The van der Waals surface area contributed by atoms with Crippen LogP contribution in [0, 0.1) is 17.9 Å². The summed E-state index contributed by atoms with van der Waals surface area (Å²) in [6, 6.07) is 0. The summed E-state index contributed by atoms with van der Waals surface area (Å²) in [5, 5.41) is 0. The minimum atomic E-state index is -1.17. The molecule has 0 radical (unpaired) electrons. The van der Waals surface area contributed by atoms with Crippen LogP contribution >= 0.6 is 0 Å². The third-order valence-electron chi connectivity index (χ3n) is 2.35. The minimum Gasteiger partial charge on any atom is -0.468 e. The third-order valence-corrected chi connectivity index (χ3v) is 2.35. The maximum Gasteiger partial charge on any atom is 0.324 e. The molecule has 0 aromatic carbocycles. The van der Waals surface area contributed by atoms with Crippen molar-refractivity contribution in [2.24, 2.45) is 11.3 Å². The van der Waals surface area contributed by atoms with Gasteiger partial charge in [-0.2, -0.15) is 0 Å². The fourth-order valence-electron chi connectivity index (χ4n) is 1.44. The Balaban J connectivity index is 2.86. The van der Waals surface area contributed by atoms with Crippen LogP contribution in [-0.2, 0) is 19.1 Å². The standard InChI is InChI=1S/C9H11O4/c1-4-6-5-9(6,7(10)12-2)8(11)13-3/h1,4,6H,5H2,2-3H3/q+1. The number of rotatable bonds is 3. The summed E-state index contributed by atoms with van der Waals surface area (Å²) in [6.07, 6.45) is 1.71. The van der Waals surface area contributed by atoms with E-state index in [1.807, 2.05) is 0 Å². The van der Waals surface area contributed by atoms with E-state index in [2.05, 4.69) is 9.47 Å². The predicted octanol–water partition coefficient (Wildman–Crippen LogP) is 0.328. The highest BCUT2D eigenvalue weighted by atomic mass is 16.5. The van der Waals surface area contributed by atoms with Crippen LogP contribution in [0.2, 0.25) is 0 Å². The van der Waals surface area contributed by atoms with Gasteiger partial charge in [0, 0.05) is 0 Å². The van der Waals surface area contributed by atoms with Crippen molar-refractivity contribution in [1.82, 2.24) is 0 Å². The number of methoxy groups -OCH3 is 2. The molecule has 0 spiro atoms. The second-order valence-electron chi connectivity index (χ2n) is 2.96. The van der Waals surface area contributed by atoms with Gasteiger partial charge in [0.15, 0.2) is 11.5 Å². The zero-order valence-electron chi connectivity index (χ0n) is 7.57. The SMILES string of the molecule is [CH+]=CC1CC1(C(=O)OC)C(=O)OC. The largest absolute Gasteiger partial charge is 0.468 e. The Morgan fingerprint density at radius 2 is 1.85 bits per heavy atom. The maximum absolute atomic E-state index is 11.3. The molecule has 4 heteroatoms. The number of carbonyl (C=O) groups excluding carboxylic acids is 2. The van der Waals surface area contributed by atoms with Gasteiger partial charge in [0.05, 0.1) is 20.1 Å². The lowest BCUT2D eigenvalue weighted by atomic mass is 10.0. The lowest BCUT2D eigenvalue weighted by Gasteiger charge is -2.09. The highest BCUT2D eigenvalue weighted by molar-refractivity contribution is 6.04. The fourth-order valence-corrected chi connectivity index (χ4v) is 1.44. The highest BCUT2D eigenvalue weighted by Gasteiger charge is 2.68.